The van der Waals surface area contributed by atoms with Gasteiger partial charge in [-0.25, -0.2) is 4.79 Å². The van der Waals surface area contributed by atoms with Crippen LogP contribution in [-0.4, -0.2) is 42.3 Å². The number of carboxylic acids is 1. The second-order valence-electron chi connectivity index (χ2n) is 11.0. The molecule has 188 valence electrons. The number of ether oxygens (including phenoxy) is 1. The number of fused-ring (bicyclic) bond motifs is 3. The van der Waals surface area contributed by atoms with Gasteiger partial charge in [0.15, 0.2) is 0 Å². The average Bonchev–Trinajstić information content (AvgIpc) is 3.12. The summed E-state index contributed by atoms with van der Waals surface area (Å²) in [6.07, 6.45) is 0.433. The van der Waals surface area contributed by atoms with Crippen molar-refractivity contribution in [3.8, 4) is 11.1 Å². The molecule has 0 radical (unpaired) electrons. The minimum atomic E-state index is -1.12. The highest BCUT2D eigenvalue weighted by atomic mass is 16.5. The summed E-state index contributed by atoms with van der Waals surface area (Å²) in [6, 6.07) is 15.3. The molecule has 35 heavy (non-hydrogen) atoms. The van der Waals surface area contributed by atoms with Gasteiger partial charge in [0, 0.05) is 12.5 Å². The van der Waals surface area contributed by atoms with E-state index < -0.39 is 29.4 Å². The van der Waals surface area contributed by atoms with Gasteiger partial charge in [-0.1, -0.05) is 69.3 Å². The summed E-state index contributed by atoms with van der Waals surface area (Å²) in [5.74, 6) is -1.50. The molecular weight excluding hydrogens is 444 g/mol. The number of carbonyl (C=O) groups excluding carboxylic acids is 2. The maximum atomic E-state index is 12.9. The number of hydrogen-bond acceptors (Lipinski definition) is 4. The monoisotopic (exact) mass is 480 g/mol. The lowest BCUT2D eigenvalue weighted by atomic mass is 9.88. The van der Waals surface area contributed by atoms with Crippen molar-refractivity contribution in [3.63, 3.8) is 0 Å². The van der Waals surface area contributed by atoms with E-state index in [4.69, 9.17) is 4.74 Å². The van der Waals surface area contributed by atoms with Crippen LogP contribution < -0.4 is 10.6 Å². The van der Waals surface area contributed by atoms with E-state index in [-0.39, 0.29) is 24.5 Å². The Balaban J connectivity index is 1.66. The minimum Gasteiger partial charge on any atom is -0.481 e. The summed E-state index contributed by atoms with van der Waals surface area (Å²) in [5, 5.41) is 14.7. The predicted molar refractivity (Wildman–Crippen MR) is 135 cm³/mol. The van der Waals surface area contributed by atoms with Gasteiger partial charge in [-0.05, 0) is 54.4 Å². The molecule has 1 aliphatic carbocycles. The number of alkyl carbamates (subject to hydrolysis) is 1. The van der Waals surface area contributed by atoms with Crippen molar-refractivity contribution in [2.75, 3.05) is 13.2 Å². The summed E-state index contributed by atoms with van der Waals surface area (Å²) in [7, 11) is 0. The quantitative estimate of drug-likeness (QED) is 0.471. The lowest BCUT2D eigenvalue weighted by Crippen LogP contribution is -2.50. The number of carboxylic acid groups (broad SMARTS) is 1. The third-order valence-electron chi connectivity index (χ3n) is 6.42. The third-order valence-corrected chi connectivity index (χ3v) is 6.42. The van der Waals surface area contributed by atoms with E-state index in [9.17, 15) is 19.5 Å². The molecule has 0 heterocycles. The van der Waals surface area contributed by atoms with Crippen molar-refractivity contribution in [1.29, 1.82) is 0 Å². The van der Waals surface area contributed by atoms with Gasteiger partial charge in [-0.2, -0.15) is 0 Å². The molecule has 1 unspecified atom stereocenters. The third kappa shape index (κ3) is 6.62. The van der Waals surface area contributed by atoms with Crippen LogP contribution in [0.1, 0.15) is 64.5 Å². The van der Waals surface area contributed by atoms with E-state index in [1.807, 2.05) is 36.4 Å². The van der Waals surface area contributed by atoms with Gasteiger partial charge in [-0.15, -0.1) is 0 Å². The van der Waals surface area contributed by atoms with Crippen LogP contribution in [0.25, 0.3) is 11.1 Å². The molecule has 1 aliphatic rings. The lowest BCUT2D eigenvalue weighted by molar-refractivity contribution is -0.146. The number of nitrogens with one attached hydrogen (secondary N) is 2. The standard InChI is InChI=1S/C28H36N2O5/c1-27(2,3)15-14-23(24(31)29-17-28(4,5)25(32)33)30-26(34)35-16-22-20-12-8-6-10-18(20)19-11-7-9-13-21(19)22/h6-13,22-23H,14-17H2,1-5H3,(H,29,31)(H,30,34)(H,32,33). The van der Waals surface area contributed by atoms with E-state index in [1.54, 1.807) is 13.8 Å². The molecule has 1 atom stereocenters. The molecule has 2 aromatic rings. The van der Waals surface area contributed by atoms with Crippen molar-refractivity contribution in [3.05, 3.63) is 59.7 Å². The Bertz CT molecular complexity index is 1040. The number of amides is 2. The number of aliphatic carboxylic acids is 1. The van der Waals surface area contributed by atoms with Gasteiger partial charge in [0.25, 0.3) is 0 Å². The van der Waals surface area contributed by atoms with E-state index in [0.29, 0.717) is 12.8 Å². The van der Waals surface area contributed by atoms with Crippen molar-refractivity contribution in [2.24, 2.45) is 10.8 Å². The predicted octanol–water partition coefficient (Wildman–Crippen LogP) is 4.95. The van der Waals surface area contributed by atoms with Gasteiger partial charge in [0.2, 0.25) is 5.91 Å². The van der Waals surface area contributed by atoms with Crippen LogP contribution in [0.15, 0.2) is 48.5 Å². The molecule has 2 aromatic carbocycles. The molecule has 0 saturated heterocycles. The zero-order valence-corrected chi connectivity index (χ0v) is 21.2. The van der Waals surface area contributed by atoms with Crippen LogP contribution in [0.5, 0.6) is 0 Å². The van der Waals surface area contributed by atoms with Crippen molar-refractivity contribution < 1.29 is 24.2 Å². The fourth-order valence-corrected chi connectivity index (χ4v) is 4.14. The summed E-state index contributed by atoms with van der Waals surface area (Å²) < 4.78 is 5.61. The largest absolute Gasteiger partial charge is 0.481 e. The SMILES string of the molecule is CC(C)(C)CCC(NC(=O)OCC1c2ccccc2-c2ccccc21)C(=O)NCC(C)(C)C(=O)O. The number of rotatable bonds is 9. The normalized spacial score (nSPS) is 14.0. The van der Waals surface area contributed by atoms with E-state index in [0.717, 1.165) is 22.3 Å². The summed E-state index contributed by atoms with van der Waals surface area (Å²) >= 11 is 0. The zero-order valence-electron chi connectivity index (χ0n) is 21.2. The van der Waals surface area contributed by atoms with Gasteiger partial charge in [-0.3, -0.25) is 9.59 Å². The number of hydrogen-bond donors (Lipinski definition) is 3. The van der Waals surface area contributed by atoms with Crippen molar-refractivity contribution >= 4 is 18.0 Å². The second kappa shape index (κ2) is 10.5. The minimum absolute atomic E-state index is 0.0400. The highest BCUT2D eigenvalue weighted by Gasteiger charge is 2.32. The number of benzene rings is 2. The Hall–Kier alpha value is -3.35. The van der Waals surface area contributed by atoms with Gasteiger partial charge in [0.05, 0.1) is 5.41 Å². The van der Waals surface area contributed by atoms with Gasteiger partial charge >= 0.3 is 12.1 Å². The van der Waals surface area contributed by atoms with Crippen LogP contribution in [0.2, 0.25) is 0 Å². The maximum absolute atomic E-state index is 12.9. The molecule has 0 aromatic heterocycles. The second-order valence-corrected chi connectivity index (χ2v) is 11.0. The smallest absolute Gasteiger partial charge is 0.407 e. The molecule has 0 saturated carbocycles. The molecule has 0 aliphatic heterocycles. The van der Waals surface area contributed by atoms with E-state index >= 15 is 0 Å². The van der Waals surface area contributed by atoms with Gasteiger partial charge in [0.1, 0.15) is 12.6 Å². The Morgan fingerprint density at radius 1 is 0.943 bits per heavy atom. The van der Waals surface area contributed by atoms with Crippen LogP contribution in [0, 0.1) is 10.8 Å². The average molecular weight is 481 g/mol. The fraction of sp³-hybridized carbons (Fsp3) is 0.464. The molecular formula is C28H36N2O5. The molecule has 3 rings (SSSR count). The Labute approximate surface area is 207 Å². The topological polar surface area (TPSA) is 105 Å². The fourth-order valence-electron chi connectivity index (χ4n) is 4.14. The molecule has 7 heteroatoms. The Kier molecular flexibility index (Phi) is 7.88. The maximum Gasteiger partial charge on any atom is 0.407 e. The molecule has 0 spiro atoms. The highest BCUT2D eigenvalue weighted by molar-refractivity contribution is 5.86. The molecule has 7 nitrogen and oxygen atoms in total. The molecule has 2 amide bonds. The van der Waals surface area contributed by atoms with E-state index in [2.05, 4.69) is 43.5 Å². The first-order valence-corrected chi connectivity index (χ1v) is 12.0. The highest BCUT2D eigenvalue weighted by Crippen LogP contribution is 2.44. The summed E-state index contributed by atoms with van der Waals surface area (Å²) in [5.41, 5.74) is 3.34. The van der Waals surface area contributed by atoms with Crippen LogP contribution in [0.4, 0.5) is 4.79 Å². The van der Waals surface area contributed by atoms with Crippen molar-refractivity contribution in [2.45, 2.75) is 59.4 Å². The molecule has 3 N–H and O–H groups in total. The lowest BCUT2D eigenvalue weighted by Gasteiger charge is -2.25. The first kappa shape index (κ1) is 26.3. The summed E-state index contributed by atoms with van der Waals surface area (Å²) in [6.45, 7) is 9.37. The van der Waals surface area contributed by atoms with Crippen LogP contribution in [-0.2, 0) is 14.3 Å². The molecule has 0 bridgehead atoms. The summed E-state index contributed by atoms with van der Waals surface area (Å²) in [4.78, 5) is 37.0. The number of carbonyl (C=O) groups is 3. The van der Waals surface area contributed by atoms with Crippen LogP contribution in [0.3, 0.4) is 0 Å². The van der Waals surface area contributed by atoms with Crippen LogP contribution >= 0.6 is 0 Å². The van der Waals surface area contributed by atoms with E-state index in [1.165, 1.54) is 0 Å². The molecule has 0 fully saturated rings. The Morgan fingerprint density at radius 2 is 1.49 bits per heavy atom. The van der Waals surface area contributed by atoms with Gasteiger partial charge < -0.3 is 20.5 Å². The Morgan fingerprint density at radius 3 is 2.00 bits per heavy atom. The first-order chi connectivity index (χ1) is 16.4. The first-order valence-electron chi connectivity index (χ1n) is 12.0. The van der Waals surface area contributed by atoms with Crippen molar-refractivity contribution in [1.82, 2.24) is 10.6 Å². The zero-order chi connectivity index (χ0) is 25.8.